The average Bonchev–Trinajstić information content (AvgIpc) is 2.93. The molecule has 0 atom stereocenters. The highest BCUT2D eigenvalue weighted by molar-refractivity contribution is 6.35. The Labute approximate surface area is 241 Å². The quantitative estimate of drug-likeness (QED) is 0.334. The van der Waals surface area contributed by atoms with Crippen LogP contribution < -0.4 is 4.74 Å². The number of Topliss-reactive ketones (excluding diaryl/α,β-unsaturated/α-hetero) is 2. The molecule has 8 heteroatoms. The summed E-state index contributed by atoms with van der Waals surface area (Å²) in [4.78, 5) is 40.7. The van der Waals surface area contributed by atoms with Gasteiger partial charge >= 0.3 is 5.97 Å². The van der Waals surface area contributed by atoms with E-state index in [0.717, 1.165) is 16.3 Å². The number of aliphatic carboxylic acids is 1. The van der Waals surface area contributed by atoms with E-state index in [4.69, 9.17) is 27.9 Å². The van der Waals surface area contributed by atoms with Crippen LogP contribution in [0.2, 0.25) is 10.0 Å². The number of nitrogens with zero attached hydrogens (tertiary/aromatic N) is 1. The van der Waals surface area contributed by atoms with Crippen molar-refractivity contribution in [2.24, 2.45) is 0 Å². The topological polar surface area (TPSA) is 83.9 Å². The fourth-order valence-corrected chi connectivity index (χ4v) is 6.93. The molecule has 6 nitrogen and oxygen atoms in total. The zero-order chi connectivity index (χ0) is 28.0. The highest BCUT2D eigenvalue weighted by Gasteiger charge is 2.45. The SMILES string of the molecule is O=C(O)CN1C2=C(C(=O)CCC2)C(c2cc(Cl)cc(Cl)c2OCc2cccc3ccccc23)C2=C1CCCC2=O. The van der Waals surface area contributed by atoms with Gasteiger partial charge in [0.15, 0.2) is 11.6 Å². The summed E-state index contributed by atoms with van der Waals surface area (Å²) in [5, 5.41) is 12.5. The number of halogens is 2. The van der Waals surface area contributed by atoms with Crippen molar-refractivity contribution in [1.29, 1.82) is 0 Å². The summed E-state index contributed by atoms with van der Waals surface area (Å²) in [5.74, 6) is -1.57. The van der Waals surface area contributed by atoms with E-state index in [2.05, 4.69) is 0 Å². The van der Waals surface area contributed by atoms with Crippen LogP contribution in [-0.4, -0.2) is 34.1 Å². The Kier molecular flexibility index (Phi) is 7.15. The van der Waals surface area contributed by atoms with Gasteiger partial charge in [0.2, 0.25) is 0 Å². The maximum absolute atomic E-state index is 13.6. The molecule has 1 N–H and O–H groups in total. The number of ketones is 2. The van der Waals surface area contributed by atoms with Gasteiger partial charge in [-0.2, -0.15) is 0 Å². The number of carboxylic acid groups (broad SMARTS) is 1. The molecular formula is C32H27Cl2NO5. The molecule has 0 radical (unpaired) electrons. The number of carbonyl (C=O) groups is 3. The summed E-state index contributed by atoms with van der Waals surface area (Å²) >= 11 is 13.3. The number of ether oxygens (including phenoxy) is 1. The standard InChI is InChI=1S/C32H27Cl2NO5/c33-20-14-22(32(23(34)15-20)40-17-19-8-3-7-18-6-1-2-9-21(18)19)29-30-24(10-4-12-26(30)36)35(16-28(38)39)25-11-5-13-27(37)31(25)29/h1-3,6-9,14-15,29H,4-5,10-13,16-17H2,(H,38,39). The number of hydrogen-bond acceptors (Lipinski definition) is 5. The first kappa shape index (κ1) is 26.6. The Hall–Kier alpha value is -3.61. The summed E-state index contributed by atoms with van der Waals surface area (Å²) in [6.45, 7) is -0.0844. The second-order valence-electron chi connectivity index (χ2n) is 10.4. The van der Waals surface area contributed by atoms with Gasteiger partial charge in [0.25, 0.3) is 0 Å². The smallest absolute Gasteiger partial charge is 0.323 e. The van der Waals surface area contributed by atoms with E-state index >= 15 is 0 Å². The Morgan fingerprint density at radius 3 is 2.23 bits per heavy atom. The first-order valence-corrected chi connectivity index (χ1v) is 14.2. The first-order valence-electron chi connectivity index (χ1n) is 13.4. The summed E-state index contributed by atoms with van der Waals surface area (Å²) in [7, 11) is 0. The fourth-order valence-electron chi connectivity index (χ4n) is 6.37. The molecule has 0 unspecified atom stereocenters. The molecule has 2 aliphatic carbocycles. The predicted octanol–water partition coefficient (Wildman–Crippen LogP) is 7.22. The van der Waals surface area contributed by atoms with E-state index in [9.17, 15) is 19.5 Å². The molecule has 0 spiro atoms. The summed E-state index contributed by atoms with van der Waals surface area (Å²) < 4.78 is 6.43. The highest BCUT2D eigenvalue weighted by atomic mass is 35.5. The van der Waals surface area contributed by atoms with E-state index < -0.39 is 11.9 Å². The Bertz CT molecular complexity index is 1590. The van der Waals surface area contributed by atoms with Crippen molar-refractivity contribution in [3.05, 3.63) is 98.3 Å². The van der Waals surface area contributed by atoms with Crippen LogP contribution in [0.1, 0.15) is 55.6 Å². The van der Waals surface area contributed by atoms with Crippen LogP contribution in [0.3, 0.4) is 0 Å². The monoisotopic (exact) mass is 575 g/mol. The van der Waals surface area contributed by atoms with E-state index in [1.807, 2.05) is 42.5 Å². The van der Waals surface area contributed by atoms with Crippen LogP contribution in [0.5, 0.6) is 5.75 Å². The van der Waals surface area contributed by atoms with Gasteiger partial charge in [-0.1, -0.05) is 65.7 Å². The van der Waals surface area contributed by atoms with Crippen molar-refractivity contribution >= 4 is 51.5 Å². The van der Waals surface area contributed by atoms with Crippen molar-refractivity contribution in [2.75, 3.05) is 6.54 Å². The second-order valence-corrected chi connectivity index (χ2v) is 11.3. The van der Waals surface area contributed by atoms with Crippen molar-refractivity contribution in [3.8, 4) is 5.75 Å². The molecule has 0 saturated carbocycles. The van der Waals surface area contributed by atoms with E-state index in [0.29, 0.717) is 77.4 Å². The van der Waals surface area contributed by atoms with Gasteiger partial charge in [-0.3, -0.25) is 14.4 Å². The van der Waals surface area contributed by atoms with Crippen LogP contribution >= 0.6 is 23.2 Å². The molecule has 0 aromatic heterocycles. The lowest BCUT2D eigenvalue weighted by molar-refractivity contribution is -0.138. The van der Waals surface area contributed by atoms with E-state index in [1.54, 1.807) is 17.0 Å². The normalized spacial score (nSPS) is 17.8. The van der Waals surface area contributed by atoms with Crippen LogP contribution in [-0.2, 0) is 21.0 Å². The van der Waals surface area contributed by atoms with Gasteiger partial charge in [-0.25, -0.2) is 0 Å². The van der Waals surface area contributed by atoms with Crippen molar-refractivity contribution < 1.29 is 24.2 Å². The Morgan fingerprint density at radius 2 is 1.55 bits per heavy atom. The Morgan fingerprint density at radius 1 is 0.900 bits per heavy atom. The maximum Gasteiger partial charge on any atom is 0.323 e. The molecular weight excluding hydrogens is 549 g/mol. The van der Waals surface area contributed by atoms with Gasteiger partial charge in [0.1, 0.15) is 18.9 Å². The van der Waals surface area contributed by atoms with Crippen LogP contribution in [0.25, 0.3) is 10.8 Å². The molecule has 1 aliphatic heterocycles. The molecule has 3 aromatic carbocycles. The van der Waals surface area contributed by atoms with Crippen LogP contribution in [0.15, 0.2) is 77.1 Å². The molecule has 1 heterocycles. The molecule has 0 amide bonds. The largest absolute Gasteiger partial charge is 0.487 e. The average molecular weight is 576 g/mol. The number of allylic oxidation sites excluding steroid dienone is 4. The molecule has 0 bridgehead atoms. The van der Waals surface area contributed by atoms with Gasteiger partial charge < -0.3 is 14.7 Å². The van der Waals surface area contributed by atoms with Crippen molar-refractivity contribution in [1.82, 2.24) is 4.90 Å². The van der Waals surface area contributed by atoms with Gasteiger partial charge in [-0.05, 0) is 54.2 Å². The third-order valence-electron chi connectivity index (χ3n) is 7.98. The lowest BCUT2D eigenvalue weighted by Crippen LogP contribution is -2.41. The van der Waals surface area contributed by atoms with Gasteiger partial charge in [0, 0.05) is 51.9 Å². The summed E-state index contributed by atoms with van der Waals surface area (Å²) in [6, 6.07) is 17.4. The molecule has 204 valence electrons. The predicted molar refractivity (Wildman–Crippen MR) is 154 cm³/mol. The zero-order valence-corrected chi connectivity index (χ0v) is 23.2. The minimum atomic E-state index is -1.02. The number of benzene rings is 3. The molecule has 0 saturated heterocycles. The van der Waals surface area contributed by atoms with Crippen LogP contribution in [0.4, 0.5) is 0 Å². The minimum Gasteiger partial charge on any atom is -0.487 e. The summed E-state index contributed by atoms with van der Waals surface area (Å²) in [5.41, 5.74) is 3.78. The maximum atomic E-state index is 13.6. The number of carbonyl (C=O) groups excluding carboxylic acids is 2. The fraction of sp³-hybridized carbons (Fsp3) is 0.281. The highest BCUT2D eigenvalue weighted by Crippen LogP contribution is 2.52. The van der Waals surface area contributed by atoms with Gasteiger partial charge in [-0.15, -0.1) is 0 Å². The Balaban J connectivity index is 1.51. The van der Waals surface area contributed by atoms with E-state index in [1.165, 1.54) is 0 Å². The molecule has 40 heavy (non-hydrogen) atoms. The lowest BCUT2D eigenvalue weighted by atomic mass is 9.70. The van der Waals surface area contributed by atoms with E-state index in [-0.39, 0.29) is 29.7 Å². The number of fused-ring (bicyclic) bond motifs is 1. The third-order valence-corrected chi connectivity index (χ3v) is 8.48. The van der Waals surface area contributed by atoms with Crippen molar-refractivity contribution in [3.63, 3.8) is 0 Å². The van der Waals surface area contributed by atoms with Gasteiger partial charge in [0.05, 0.1) is 5.02 Å². The number of carboxylic acids is 1. The molecule has 6 rings (SSSR count). The van der Waals surface area contributed by atoms with Crippen LogP contribution in [0, 0.1) is 0 Å². The second kappa shape index (κ2) is 10.8. The first-order chi connectivity index (χ1) is 19.3. The third kappa shape index (κ3) is 4.69. The lowest BCUT2D eigenvalue weighted by Gasteiger charge is -2.43. The minimum absolute atomic E-state index is 0.0948. The summed E-state index contributed by atoms with van der Waals surface area (Å²) in [6.07, 6.45) is 3.00. The molecule has 3 aromatic rings. The zero-order valence-electron chi connectivity index (χ0n) is 21.7. The number of rotatable bonds is 6. The molecule has 0 fully saturated rings. The number of hydrogen-bond donors (Lipinski definition) is 1. The van der Waals surface area contributed by atoms with Crippen molar-refractivity contribution in [2.45, 2.75) is 51.0 Å². The molecule has 3 aliphatic rings.